The zero-order chi connectivity index (χ0) is 16.7. The Morgan fingerprint density at radius 2 is 1.83 bits per heavy atom. The molecule has 2 aromatic rings. The quantitative estimate of drug-likeness (QED) is 0.624. The molecule has 2 aromatic carbocycles. The van der Waals surface area contributed by atoms with Crippen LogP contribution in [0.1, 0.15) is 40.5 Å². The highest BCUT2D eigenvalue weighted by atomic mass is 35.5. The van der Waals surface area contributed by atoms with Crippen LogP contribution in [-0.2, 0) is 4.74 Å². The van der Waals surface area contributed by atoms with E-state index in [2.05, 4.69) is 5.32 Å². The second kappa shape index (κ2) is 8.34. The molecule has 1 amide bonds. The Morgan fingerprint density at radius 3 is 2.48 bits per heavy atom. The molecule has 2 rings (SSSR count). The standard InChI is InChI=1S/C18H18ClNO3/c1-2-3-11-23-18(22)13-7-9-16(10-8-13)20-17(21)14-5-4-6-15(19)12-14/h4-10,12H,2-3,11H2,1H3,(H,20,21). The van der Waals surface area contributed by atoms with Gasteiger partial charge in [-0.1, -0.05) is 31.0 Å². The van der Waals surface area contributed by atoms with E-state index < -0.39 is 0 Å². The van der Waals surface area contributed by atoms with Crippen LogP contribution in [0.4, 0.5) is 5.69 Å². The lowest BCUT2D eigenvalue weighted by molar-refractivity contribution is 0.0499. The highest BCUT2D eigenvalue weighted by Gasteiger charge is 2.09. The van der Waals surface area contributed by atoms with Gasteiger partial charge < -0.3 is 10.1 Å². The van der Waals surface area contributed by atoms with Crippen LogP contribution in [0.3, 0.4) is 0 Å². The maximum Gasteiger partial charge on any atom is 0.338 e. The molecular weight excluding hydrogens is 314 g/mol. The van der Waals surface area contributed by atoms with E-state index in [9.17, 15) is 9.59 Å². The molecule has 0 heterocycles. The Hall–Kier alpha value is -2.33. The average molecular weight is 332 g/mol. The van der Waals surface area contributed by atoms with E-state index in [1.807, 2.05) is 6.92 Å². The summed E-state index contributed by atoms with van der Waals surface area (Å²) in [6, 6.07) is 13.3. The number of carbonyl (C=O) groups is 2. The second-order valence-electron chi connectivity index (χ2n) is 5.03. The minimum absolute atomic E-state index is 0.259. The molecule has 0 aliphatic rings. The van der Waals surface area contributed by atoms with Crippen molar-refractivity contribution in [1.82, 2.24) is 0 Å². The minimum atomic E-state index is -0.355. The molecule has 5 heteroatoms. The number of esters is 1. The third kappa shape index (κ3) is 5.11. The molecule has 0 fully saturated rings. The predicted octanol–water partition coefficient (Wildman–Crippen LogP) is 4.55. The van der Waals surface area contributed by atoms with E-state index >= 15 is 0 Å². The number of ether oxygens (including phenoxy) is 1. The zero-order valence-electron chi connectivity index (χ0n) is 12.8. The summed E-state index contributed by atoms with van der Waals surface area (Å²) in [6.45, 7) is 2.45. The van der Waals surface area contributed by atoms with Gasteiger partial charge in [0.05, 0.1) is 12.2 Å². The summed E-state index contributed by atoms with van der Waals surface area (Å²) in [7, 11) is 0. The lowest BCUT2D eigenvalue weighted by Crippen LogP contribution is -2.12. The van der Waals surface area contributed by atoms with Crippen molar-refractivity contribution in [3.05, 3.63) is 64.7 Å². The third-order valence-corrected chi connectivity index (χ3v) is 3.43. The molecule has 23 heavy (non-hydrogen) atoms. The SMILES string of the molecule is CCCCOC(=O)c1ccc(NC(=O)c2cccc(Cl)c2)cc1. The van der Waals surface area contributed by atoms with Gasteiger partial charge in [0, 0.05) is 16.3 Å². The highest BCUT2D eigenvalue weighted by molar-refractivity contribution is 6.31. The molecule has 0 aliphatic heterocycles. The summed E-state index contributed by atoms with van der Waals surface area (Å²) >= 11 is 5.87. The largest absolute Gasteiger partial charge is 0.462 e. The highest BCUT2D eigenvalue weighted by Crippen LogP contribution is 2.15. The van der Waals surface area contributed by atoms with Crippen molar-refractivity contribution in [2.75, 3.05) is 11.9 Å². The van der Waals surface area contributed by atoms with Crippen molar-refractivity contribution in [3.8, 4) is 0 Å². The summed E-state index contributed by atoms with van der Waals surface area (Å²) in [5, 5.41) is 3.26. The van der Waals surface area contributed by atoms with Crippen LogP contribution in [0, 0.1) is 0 Å². The van der Waals surface area contributed by atoms with Crippen LogP contribution < -0.4 is 5.32 Å². The fourth-order valence-corrected chi connectivity index (χ4v) is 2.11. The van der Waals surface area contributed by atoms with Crippen LogP contribution in [-0.4, -0.2) is 18.5 Å². The smallest absolute Gasteiger partial charge is 0.338 e. The fraction of sp³-hybridized carbons (Fsp3) is 0.222. The molecule has 0 aliphatic carbocycles. The molecule has 0 spiro atoms. The predicted molar refractivity (Wildman–Crippen MR) is 91.0 cm³/mol. The first-order valence-corrected chi connectivity index (χ1v) is 7.82. The maximum atomic E-state index is 12.1. The van der Waals surface area contributed by atoms with E-state index in [-0.39, 0.29) is 11.9 Å². The average Bonchev–Trinajstić information content (AvgIpc) is 2.55. The summed E-state index contributed by atoms with van der Waals surface area (Å²) in [4.78, 5) is 23.9. The van der Waals surface area contributed by atoms with Gasteiger partial charge in [-0.25, -0.2) is 4.79 Å². The van der Waals surface area contributed by atoms with Crippen LogP contribution in [0.2, 0.25) is 5.02 Å². The molecule has 0 saturated heterocycles. The molecule has 0 bridgehead atoms. The second-order valence-corrected chi connectivity index (χ2v) is 5.47. The van der Waals surface area contributed by atoms with Crippen LogP contribution in [0.15, 0.2) is 48.5 Å². The van der Waals surface area contributed by atoms with E-state index in [0.29, 0.717) is 28.4 Å². The van der Waals surface area contributed by atoms with Crippen LogP contribution in [0.5, 0.6) is 0 Å². The molecule has 0 atom stereocenters. The Labute approximate surface area is 140 Å². The number of benzene rings is 2. The molecule has 0 saturated carbocycles. The molecule has 1 N–H and O–H groups in total. The van der Waals surface area contributed by atoms with Crippen molar-refractivity contribution in [3.63, 3.8) is 0 Å². The van der Waals surface area contributed by atoms with E-state index in [0.717, 1.165) is 12.8 Å². The Morgan fingerprint density at radius 1 is 1.09 bits per heavy atom. The van der Waals surface area contributed by atoms with E-state index in [1.165, 1.54) is 0 Å². The van der Waals surface area contributed by atoms with E-state index in [4.69, 9.17) is 16.3 Å². The van der Waals surface area contributed by atoms with Crippen molar-refractivity contribution < 1.29 is 14.3 Å². The Kier molecular flexibility index (Phi) is 6.18. The van der Waals surface area contributed by atoms with Gasteiger partial charge in [0.15, 0.2) is 0 Å². The number of hydrogen-bond acceptors (Lipinski definition) is 3. The van der Waals surface area contributed by atoms with E-state index in [1.54, 1.807) is 48.5 Å². The van der Waals surface area contributed by atoms with Gasteiger partial charge in [-0.3, -0.25) is 4.79 Å². The molecule has 0 aromatic heterocycles. The number of unbranched alkanes of at least 4 members (excludes halogenated alkanes) is 1. The fourth-order valence-electron chi connectivity index (χ4n) is 1.92. The van der Waals surface area contributed by atoms with Gasteiger partial charge in [-0.2, -0.15) is 0 Å². The topological polar surface area (TPSA) is 55.4 Å². The number of anilines is 1. The van der Waals surface area contributed by atoms with Gasteiger partial charge in [0.1, 0.15) is 0 Å². The van der Waals surface area contributed by atoms with Crippen molar-refractivity contribution in [1.29, 1.82) is 0 Å². The summed E-state index contributed by atoms with van der Waals surface area (Å²) in [5.74, 6) is -0.614. The summed E-state index contributed by atoms with van der Waals surface area (Å²) < 4.78 is 5.13. The lowest BCUT2D eigenvalue weighted by atomic mass is 10.2. The molecule has 120 valence electrons. The number of hydrogen-bond donors (Lipinski definition) is 1. The van der Waals surface area contributed by atoms with Crippen LogP contribution >= 0.6 is 11.6 Å². The minimum Gasteiger partial charge on any atom is -0.462 e. The number of halogens is 1. The van der Waals surface area contributed by atoms with Crippen LogP contribution in [0.25, 0.3) is 0 Å². The summed E-state index contributed by atoms with van der Waals surface area (Å²) in [6.07, 6.45) is 1.82. The summed E-state index contributed by atoms with van der Waals surface area (Å²) in [5.41, 5.74) is 1.53. The molecule has 0 unspecified atom stereocenters. The van der Waals surface area contributed by atoms with Crippen molar-refractivity contribution in [2.24, 2.45) is 0 Å². The molecule has 4 nitrogen and oxygen atoms in total. The number of amides is 1. The Balaban J connectivity index is 1.97. The first-order valence-electron chi connectivity index (χ1n) is 7.44. The zero-order valence-corrected chi connectivity index (χ0v) is 13.6. The number of rotatable bonds is 6. The van der Waals surface area contributed by atoms with Gasteiger partial charge in [0.25, 0.3) is 5.91 Å². The maximum absolute atomic E-state index is 12.1. The van der Waals surface area contributed by atoms with Gasteiger partial charge in [0.2, 0.25) is 0 Å². The van der Waals surface area contributed by atoms with Gasteiger partial charge in [-0.05, 0) is 48.9 Å². The van der Waals surface area contributed by atoms with Crippen molar-refractivity contribution in [2.45, 2.75) is 19.8 Å². The number of nitrogens with one attached hydrogen (secondary N) is 1. The number of carbonyl (C=O) groups excluding carboxylic acids is 2. The molecular formula is C18H18ClNO3. The lowest BCUT2D eigenvalue weighted by Gasteiger charge is -2.07. The monoisotopic (exact) mass is 331 g/mol. The molecule has 0 radical (unpaired) electrons. The van der Waals surface area contributed by atoms with Gasteiger partial charge in [-0.15, -0.1) is 0 Å². The Bertz CT molecular complexity index is 683. The van der Waals surface area contributed by atoms with Crippen molar-refractivity contribution >= 4 is 29.2 Å². The normalized spacial score (nSPS) is 10.2. The van der Waals surface area contributed by atoms with Gasteiger partial charge >= 0.3 is 5.97 Å². The first-order chi connectivity index (χ1) is 11.1. The first kappa shape index (κ1) is 17.0. The third-order valence-electron chi connectivity index (χ3n) is 3.20.